The lowest BCUT2D eigenvalue weighted by atomic mass is 10.3. The van der Waals surface area contributed by atoms with Crippen molar-refractivity contribution in [3.8, 4) is 0 Å². The first kappa shape index (κ1) is 8.30. The SMILES string of the molecule is C=Nc1ccccc1SNC. The molecular formula is C8H10N2S. The topological polar surface area (TPSA) is 24.4 Å². The number of hydrogen-bond acceptors (Lipinski definition) is 3. The molecule has 2 nitrogen and oxygen atoms in total. The highest BCUT2D eigenvalue weighted by Crippen LogP contribution is 2.25. The van der Waals surface area contributed by atoms with Gasteiger partial charge in [0.25, 0.3) is 0 Å². The molecule has 0 amide bonds. The summed E-state index contributed by atoms with van der Waals surface area (Å²) in [5.41, 5.74) is 0.923. The minimum absolute atomic E-state index is 0.923. The van der Waals surface area contributed by atoms with Crippen molar-refractivity contribution in [3.05, 3.63) is 24.3 Å². The molecule has 0 unspecified atom stereocenters. The van der Waals surface area contributed by atoms with E-state index in [1.807, 2.05) is 31.3 Å². The van der Waals surface area contributed by atoms with E-state index in [-0.39, 0.29) is 0 Å². The van der Waals surface area contributed by atoms with E-state index in [1.165, 1.54) is 0 Å². The molecule has 0 spiro atoms. The molecule has 58 valence electrons. The maximum Gasteiger partial charge on any atom is 0.0771 e. The van der Waals surface area contributed by atoms with Crippen LogP contribution in [0.3, 0.4) is 0 Å². The van der Waals surface area contributed by atoms with Gasteiger partial charge in [-0.25, -0.2) is 0 Å². The highest BCUT2D eigenvalue weighted by molar-refractivity contribution is 7.97. The zero-order chi connectivity index (χ0) is 8.10. The molecule has 11 heavy (non-hydrogen) atoms. The molecule has 0 saturated carbocycles. The third kappa shape index (κ3) is 2.06. The molecule has 0 aromatic heterocycles. The van der Waals surface area contributed by atoms with Gasteiger partial charge in [-0.15, -0.1) is 0 Å². The zero-order valence-corrected chi connectivity index (χ0v) is 7.19. The second-order valence-corrected chi connectivity index (χ2v) is 2.98. The third-order valence-electron chi connectivity index (χ3n) is 1.25. The Bertz CT molecular complexity index is 248. The molecule has 0 aliphatic carbocycles. The minimum Gasteiger partial charge on any atom is -0.263 e. The number of nitrogens with zero attached hydrogens (tertiary/aromatic N) is 1. The molecule has 1 aromatic carbocycles. The van der Waals surface area contributed by atoms with Crippen molar-refractivity contribution in [2.24, 2.45) is 4.99 Å². The predicted molar refractivity (Wildman–Crippen MR) is 50.6 cm³/mol. The van der Waals surface area contributed by atoms with Gasteiger partial charge in [0.2, 0.25) is 0 Å². The van der Waals surface area contributed by atoms with Gasteiger partial charge in [0.15, 0.2) is 0 Å². The van der Waals surface area contributed by atoms with E-state index in [0.717, 1.165) is 10.6 Å². The van der Waals surface area contributed by atoms with Gasteiger partial charge in [0, 0.05) is 4.90 Å². The molecule has 0 aliphatic heterocycles. The van der Waals surface area contributed by atoms with Crippen molar-refractivity contribution >= 4 is 24.4 Å². The van der Waals surface area contributed by atoms with Gasteiger partial charge in [-0.05, 0) is 37.8 Å². The summed E-state index contributed by atoms with van der Waals surface area (Å²) in [4.78, 5) is 4.98. The van der Waals surface area contributed by atoms with Gasteiger partial charge in [0.05, 0.1) is 5.69 Å². The lowest BCUT2D eigenvalue weighted by molar-refractivity contribution is 1.27. The van der Waals surface area contributed by atoms with E-state index < -0.39 is 0 Å². The van der Waals surface area contributed by atoms with Crippen LogP contribution in [0, 0.1) is 0 Å². The summed E-state index contributed by atoms with van der Waals surface area (Å²) in [5.74, 6) is 0. The summed E-state index contributed by atoms with van der Waals surface area (Å²) in [7, 11) is 1.88. The fourth-order valence-corrected chi connectivity index (χ4v) is 1.39. The molecule has 0 bridgehead atoms. The Labute approximate surface area is 70.9 Å². The number of para-hydroxylation sites is 1. The lowest BCUT2D eigenvalue weighted by Gasteiger charge is -2.01. The third-order valence-corrected chi connectivity index (χ3v) is 2.02. The van der Waals surface area contributed by atoms with Crippen molar-refractivity contribution in [2.45, 2.75) is 4.90 Å². The normalized spacial score (nSPS) is 9.55. The Kier molecular flexibility index (Phi) is 3.14. The van der Waals surface area contributed by atoms with Crippen LogP contribution in [0.25, 0.3) is 0 Å². The van der Waals surface area contributed by atoms with Crippen molar-refractivity contribution < 1.29 is 0 Å². The summed E-state index contributed by atoms with van der Waals surface area (Å²) in [6.07, 6.45) is 0. The van der Waals surface area contributed by atoms with Gasteiger partial charge < -0.3 is 0 Å². The molecule has 0 saturated heterocycles. The molecule has 1 N–H and O–H groups in total. The predicted octanol–water partition coefficient (Wildman–Crippen LogP) is 2.25. The maximum atomic E-state index is 3.88. The summed E-state index contributed by atoms with van der Waals surface area (Å²) in [6, 6.07) is 7.87. The lowest BCUT2D eigenvalue weighted by Crippen LogP contribution is -1.89. The van der Waals surface area contributed by atoms with E-state index in [4.69, 9.17) is 0 Å². The quantitative estimate of drug-likeness (QED) is 0.550. The fraction of sp³-hybridized carbons (Fsp3) is 0.125. The van der Waals surface area contributed by atoms with Crippen LogP contribution in [-0.4, -0.2) is 13.8 Å². The number of aliphatic imine (C=N–C) groups is 1. The molecule has 0 fully saturated rings. The summed E-state index contributed by atoms with van der Waals surface area (Å²) in [5, 5.41) is 0. The van der Waals surface area contributed by atoms with Gasteiger partial charge in [-0.3, -0.25) is 9.71 Å². The van der Waals surface area contributed by atoms with Gasteiger partial charge in [0.1, 0.15) is 0 Å². The van der Waals surface area contributed by atoms with Crippen molar-refractivity contribution in [1.29, 1.82) is 0 Å². The number of hydrogen-bond donors (Lipinski definition) is 1. The molecule has 1 aromatic rings. The van der Waals surface area contributed by atoms with Gasteiger partial charge in [-0.2, -0.15) is 0 Å². The van der Waals surface area contributed by atoms with Crippen LogP contribution in [0.1, 0.15) is 0 Å². The van der Waals surface area contributed by atoms with Crippen LogP contribution >= 0.6 is 11.9 Å². The molecule has 0 heterocycles. The highest BCUT2D eigenvalue weighted by atomic mass is 32.2. The fourth-order valence-electron chi connectivity index (χ4n) is 0.784. The Hall–Kier alpha value is -0.800. The zero-order valence-electron chi connectivity index (χ0n) is 6.37. The Balaban J connectivity index is 2.92. The average Bonchev–Trinajstić information content (AvgIpc) is 2.06. The summed E-state index contributed by atoms with van der Waals surface area (Å²) >= 11 is 1.54. The minimum atomic E-state index is 0.923. The smallest absolute Gasteiger partial charge is 0.0771 e. The largest absolute Gasteiger partial charge is 0.263 e. The van der Waals surface area contributed by atoms with Crippen molar-refractivity contribution in [2.75, 3.05) is 7.05 Å². The first-order chi connectivity index (χ1) is 5.38. The van der Waals surface area contributed by atoms with Crippen LogP contribution in [0.4, 0.5) is 5.69 Å². The van der Waals surface area contributed by atoms with Crippen LogP contribution in [-0.2, 0) is 0 Å². The monoisotopic (exact) mass is 166 g/mol. The molecule has 0 radical (unpaired) electrons. The van der Waals surface area contributed by atoms with Crippen molar-refractivity contribution in [1.82, 2.24) is 4.72 Å². The number of rotatable bonds is 3. The number of benzene rings is 1. The van der Waals surface area contributed by atoms with Crippen LogP contribution in [0.5, 0.6) is 0 Å². The molecular weight excluding hydrogens is 156 g/mol. The second-order valence-electron chi connectivity index (χ2n) is 1.93. The molecule has 1 rings (SSSR count). The van der Waals surface area contributed by atoms with E-state index in [9.17, 15) is 0 Å². The molecule has 0 atom stereocenters. The summed E-state index contributed by atoms with van der Waals surface area (Å²) < 4.78 is 2.99. The molecule has 0 aliphatic rings. The van der Waals surface area contributed by atoms with Crippen LogP contribution in [0.15, 0.2) is 34.2 Å². The maximum absolute atomic E-state index is 3.88. The molecule has 3 heteroatoms. The second kappa shape index (κ2) is 4.16. The first-order valence-electron chi connectivity index (χ1n) is 3.28. The van der Waals surface area contributed by atoms with E-state index in [0.29, 0.717) is 0 Å². The average molecular weight is 166 g/mol. The number of nitrogens with one attached hydrogen (secondary N) is 1. The van der Waals surface area contributed by atoms with Crippen LogP contribution < -0.4 is 4.72 Å². The van der Waals surface area contributed by atoms with Gasteiger partial charge >= 0.3 is 0 Å². The van der Waals surface area contributed by atoms with Crippen LogP contribution in [0.2, 0.25) is 0 Å². The van der Waals surface area contributed by atoms with Gasteiger partial charge in [-0.1, -0.05) is 12.1 Å². The highest BCUT2D eigenvalue weighted by Gasteiger charge is 1.96. The standard InChI is InChI=1S/C8H10N2S/c1-9-7-5-3-4-6-8(7)11-10-2/h3-6,10H,1H2,2H3. The van der Waals surface area contributed by atoms with E-state index >= 15 is 0 Å². The summed E-state index contributed by atoms with van der Waals surface area (Å²) in [6.45, 7) is 3.48. The van der Waals surface area contributed by atoms with Crippen molar-refractivity contribution in [3.63, 3.8) is 0 Å². The Morgan fingerprint density at radius 2 is 2.18 bits per heavy atom. The Morgan fingerprint density at radius 3 is 2.82 bits per heavy atom. The Morgan fingerprint density at radius 1 is 1.45 bits per heavy atom. The van der Waals surface area contributed by atoms with E-state index in [2.05, 4.69) is 16.4 Å². The van der Waals surface area contributed by atoms with E-state index in [1.54, 1.807) is 11.9 Å². The first-order valence-corrected chi connectivity index (χ1v) is 4.09.